The Balaban J connectivity index is 2.38. The normalized spacial score (nSPS) is 10.9. The van der Waals surface area contributed by atoms with Gasteiger partial charge in [0.1, 0.15) is 5.15 Å². The lowest BCUT2D eigenvalue weighted by molar-refractivity contribution is 0.0518. The van der Waals surface area contributed by atoms with E-state index in [2.05, 4.69) is 5.10 Å². The molecular formula is C16H17ClN2O3. The second-order valence-electron chi connectivity index (χ2n) is 4.46. The van der Waals surface area contributed by atoms with Crippen LogP contribution in [-0.4, -0.2) is 29.5 Å². The number of hydrogen-bond acceptors (Lipinski definition) is 4. The first-order valence-corrected chi connectivity index (χ1v) is 7.21. The van der Waals surface area contributed by atoms with Gasteiger partial charge in [-0.2, -0.15) is 5.10 Å². The summed E-state index contributed by atoms with van der Waals surface area (Å²) >= 11 is 6.35. The molecule has 0 amide bonds. The van der Waals surface area contributed by atoms with Crippen LogP contribution in [0.1, 0.15) is 28.5 Å². The van der Waals surface area contributed by atoms with Gasteiger partial charge >= 0.3 is 5.97 Å². The Bertz CT molecular complexity index is 666. The number of ether oxygens (including phenoxy) is 2. The number of carbonyl (C=O) groups is 1. The minimum Gasteiger partial charge on any atom is -0.504 e. The van der Waals surface area contributed by atoms with Crippen molar-refractivity contribution in [2.45, 2.75) is 13.5 Å². The zero-order valence-corrected chi connectivity index (χ0v) is 13.2. The van der Waals surface area contributed by atoms with Crippen molar-refractivity contribution in [2.75, 3.05) is 13.7 Å². The van der Waals surface area contributed by atoms with Crippen LogP contribution >= 0.6 is 11.6 Å². The third kappa shape index (κ3) is 3.68. The molecule has 22 heavy (non-hydrogen) atoms. The van der Waals surface area contributed by atoms with Gasteiger partial charge in [0.05, 0.1) is 26.5 Å². The van der Waals surface area contributed by atoms with E-state index in [1.54, 1.807) is 17.7 Å². The molecule has 0 aliphatic carbocycles. The van der Waals surface area contributed by atoms with Gasteiger partial charge in [-0.3, -0.25) is 0 Å². The van der Waals surface area contributed by atoms with Crippen molar-refractivity contribution in [1.82, 2.24) is 9.78 Å². The highest BCUT2D eigenvalue weighted by molar-refractivity contribution is 6.31. The van der Waals surface area contributed by atoms with Crippen molar-refractivity contribution in [3.05, 3.63) is 58.6 Å². The fourth-order valence-electron chi connectivity index (χ4n) is 1.95. The van der Waals surface area contributed by atoms with Gasteiger partial charge in [0.2, 0.25) is 0 Å². The molecule has 0 aliphatic heterocycles. The van der Waals surface area contributed by atoms with E-state index in [9.17, 15) is 4.79 Å². The minimum absolute atomic E-state index is 0.177. The lowest BCUT2D eigenvalue weighted by Gasteiger charge is -2.03. The van der Waals surface area contributed by atoms with Crippen LogP contribution in [0.15, 0.2) is 36.6 Å². The van der Waals surface area contributed by atoms with Gasteiger partial charge < -0.3 is 9.47 Å². The number of hydrogen-bond donors (Lipinski definition) is 0. The van der Waals surface area contributed by atoms with E-state index < -0.39 is 5.97 Å². The van der Waals surface area contributed by atoms with Gasteiger partial charge in [-0.05, 0) is 18.6 Å². The number of carbonyl (C=O) groups excluding carboxylic acids is 1. The zero-order valence-electron chi connectivity index (χ0n) is 12.5. The largest absolute Gasteiger partial charge is 0.504 e. The highest BCUT2D eigenvalue weighted by Crippen LogP contribution is 2.23. The molecule has 1 aromatic carbocycles. The number of nitrogens with zero attached hydrogens (tertiary/aromatic N) is 2. The van der Waals surface area contributed by atoms with Gasteiger partial charge in [-0.15, -0.1) is 0 Å². The SMILES string of the molecule is CCOC(=O)c1nn(Cc2ccccc2)c(Cl)c1C=COC. The molecule has 0 atom stereocenters. The third-order valence-corrected chi connectivity index (χ3v) is 3.34. The number of esters is 1. The molecule has 0 saturated heterocycles. The molecule has 116 valence electrons. The van der Waals surface area contributed by atoms with Crippen molar-refractivity contribution in [2.24, 2.45) is 0 Å². The Morgan fingerprint density at radius 2 is 2.09 bits per heavy atom. The van der Waals surface area contributed by atoms with Crippen molar-refractivity contribution < 1.29 is 14.3 Å². The zero-order chi connectivity index (χ0) is 15.9. The van der Waals surface area contributed by atoms with Crippen LogP contribution in [0.5, 0.6) is 0 Å². The summed E-state index contributed by atoms with van der Waals surface area (Å²) in [5, 5.41) is 4.64. The molecule has 0 unspecified atom stereocenters. The summed E-state index contributed by atoms with van der Waals surface area (Å²) < 4.78 is 11.5. The lowest BCUT2D eigenvalue weighted by Crippen LogP contribution is -2.08. The Labute approximate surface area is 134 Å². The maximum Gasteiger partial charge on any atom is 0.359 e. The van der Waals surface area contributed by atoms with Crippen molar-refractivity contribution >= 4 is 23.6 Å². The maximum absolute atomic E-state index is 12.0. The van der Waals surface area contributed by atoms with Crippen LogP contribution < -0.4 is 0 Å². The molecule has 0 fully saturated rings. The number of benzene rings is 1. The molecule has 2 rings (SSSR count). The number of rotatable bonds is 6. The Kier molecular flexibility index (Phi) is 5.61. The number of methoxy groups -OCH3 is 1. The fourth-order valence-corrected chi connectivity index (χ4v) is 2.20. The average molecular weight is 321 g/mol. The number of aromatic nitrogens is 2. The molecule has 0 radical (unpaired) electrons. The first kappa shape index (κ1) is 16.1. The van der Waals surface area contributed by atoms with Crippen LogP contribution in [0.2, 0.25) is 5.15 Å². The summed E-state index contributed by atoms with van der Waals surface area (Å²) in [6.45, 7) is 2.48. The summed E-state index contributed by atoms with van der Waals surface area (Å²) in [6.07, 6.45) is 3.04. The van der Waals surface area contributed by atoms with Crippen molar-refractivity contribution in [3.63, 3.8) is 0 Å². The van der Waals surface area contributed by atoms with Gasteiger partial charge in [-0.1, -0.05) is 41.9 Å². The van der Waals surface area contributed by atoms with Gasteiger partial charge in [0, 0.05) is 5.56 Å². The van der Waals surface area contributed by atoms with Gasteiger partial charge in [-0.25, -0.2) is 9.48 Å². The van der Waals surface area contributed by atoms with Gasteiger partial charge in [0.25, 0.3) is 0 Å². The second kappa shape index (κ2) is 7.66. The van der Waals surface area contributed by atoms with E-state index in [0.717, 1.165) is 5.56 Å². The monoisotopic (exact) mass is 320 g/mol. The third-order valence-electron chi connectivity index (χ3n) is 2.94. The highest BCUT2D eigenvalue weighted by atomic mass is 35.5. The quantitative estimate of drug-likeness (QED) is 0.605. The summed E-state index contributed by atoms with van der Waals surface area (Å²) in [7, 11) is 1.52. The van der Waals surface area contributed by atoms with Crippen molar-refractivity contribution in [1.29, 1.82) is 0 Å². The molecule has 0 bridgehead atoms. The summed E-state index contributed by atoms with van der Waals surface area (Å²) in [4.78, 5) is 12.0. The Morgan fingerprint density at radius 3 is 2.73 bits per heavy atom. The smallest absolute Gasteiger partial charge is 0.359 e. The molecule has 1 aromatic heterocycles. The molecule has 0 N–H and O–H groups in total. The molecule has 2 aromatic rings. The molecule has 0 aliphatic rings. The fraction of sp³-hybridized carbons (Fsp3) is 0.250. The summed E-state index contributed by atoms with van der Waals surface area (Å²) in [6, 6.07) is 9.74. The van der Waals surface area contributed by atoms with E-state index in [1.165, 1.54) is 13.4 Å². The first-order chi connectivity index (χ1) is 10.7. The average Bonchev–Trinajstić information content (AvgIpc) is 2.83. The summed E-state index contributed by atoms with van der Waals surface area (Å²) in [5.74, 6) is -0.507. The van der Waals surface area contributed by atoms with E-state index in [0.29, 0.717) is 17.3 Å². The van der Waals surface area contributed by atoms with Gasteiger partial charge in [0.15, 0.2) is 5.69 Å². The second-order valence-corrected chi connectivity index (χ2v) is 4.81. The first-order valence-electron chi connectivity index (χ1n) is 6.84. The van der Waals surface area contributed by atoms with Crippen LogP contribution in [0.25, 0.3) is 6.08 Å². The molecular weight excluding hydrogens is 304 g/mol. The van der Waals surface area contributed by atoms with Crippen LogP contribution in [0.4, 0.5) is 0 Å². The Hall–Kier alpha value is -2.27. The van der Waals surface area contributed by atoms with Crippen LogP contribution in [0, 0.1) is 0 Å². The standard InChI is InChI=1S/C16H17ClN2O3/c1-3-22-16(20)14-13(9-10-21-2)15(17)19(18-14)11-12-7-5-4-6-8-12/h4-10H,3,11H2,1-2H3. The van der Waals surface area contributed by atoms with Crippen LogP contribution in [0.3, 0.4) is 0 Å². The topological polar surface area (TPSA) is 53.3 Å². The van der Waals surface area contributed by atoms with E-state index in [-0.39, 0.29) is 12.3 Å². The predicted octanol–water partition coefficient (Wildman–Crippen LogP) is 3.38. The molecule has 0 spiro atoms. The maximum atomic E-state index is 12.0. The molecule has 6 heteroatoms. The number of halogens is 1. The highest BCUT2D eigenvalue weighted by Gasteiger charge is 2.21. The predicted molar refractivity (Wildman–Crippen MR) is 84.8 cm³/mol. The van der Waals surface area contributed by atoms with E-state index in [1.807, 2.05) is 30.3 Å². The molecule has 0 saturated carbocycles. The minimum atomic E-state index is -0.507. The molecule has 1 heterocycles. The van der Waals surface area contributed by atoms with E-state index >= 15 is 0 Å². The van der Waals surface area contributed by atoms with Crippen LogP contribution in [-0.2, 0) is 16.0 Å². The van der Waals surface area contributed by atoms with Crippen molar-refractivity contribution in [3.8, 4) is 0 Å². The lowest BCUT2D eigenvalue weighted by atomic mass is 10.2. The Morgan fingerprint density at radius 1 is 1.36 bits per heavy atom. The van der Waals surface area contributed by atoms with E-state index in [4.69, 9.17) is 21.1 Å². The molecule has 5 nitrogen and oxygen atoms in total. The summed E-state index contributed by atoms with van der Waals surface area (Å²) in [5.41, 5.74) is 1.69.